The molecule has 3 aliphatic rings. The van der Waals surface area contributed by atoms with Crippen molar-refractivity contribution in [3.8, 4) is 0 Å². The van der Waals surface area contributed by atoms with Gasteiger partial charge in [-0.3, -0.25) is 10.4 Å². The fourth-order valence-corrected chi connectivity index (χ4v) is 4.85. The molecule has 10 heteroatoms. The molecule has 1 saturated carbocycles. The van der Waals surface area contributed by atoms with Crippen LogP contribution >= 0.6 is 0 Å². The second-order valence-corrected chi connectivity index (χ2v) is 8.95. The smallest absolute Gasteiger partial charge is 0.219 e. The molecular weight excluding hydrogens is 406 g/mol. The van der Waals surface area contributed by atoms with Gasteiger partial charge in [-0.2, -0.15) is 10.2 Å². The minimum Gasteiger partial charge on any atom is -0.370 e. The van der Waals surface area contributed by atoms with E-state index in [0.29, 0.717) is 5.84 Å². The van der Waals surface area contributed by atoms with Gasteiger partial charge >= 0.3 is 0 Å². The number of nitrogens with two attached hydrogens (primary N) is 2. The van der Waals surface area contributed by atoms with E-state index < -0.39 is 11.2 Å². The van der Waals surface area contributed by atoms with Gasteiger partial charge in [0.1, 0.15) is 5.84 Å². The van der Waals surface area contributed by atoms with Crippen LogP contribution in [-0.4, -0.2) is 43.7 Å². The largest absolute Gasteiger partial charge is 0.370 e. The average Bonchev–Trinajstić information content (AvgIpc) is 3.33. The molecule has 3 aromatic rings. The van der Waals surface area contributed by atoms with Crippen LogP contribution in [0, 0.1) is 0 Å². The Hall–Kier alpha value is -3.24. The Kier molecular flexibility index (Phi) is 4.18. The van der Waals surface area contributed by atoms with Crippen LogP contribution in [0.1, 0.15) is 49.6 Å². The predicted octanol–water partition coefficient (Wildman–Crippen LogP) is 1.48. The minimum atomic E-state index is -1.21. The number of guanidine groups is 1. The summed E-state index contributed by atoms with van der Waals surface area (Å²) < 4.78 is 9.70. The summed E-state index contributed by atoms with van der Waals surface area (Å²) in [7, 11) is 1.89. The molecule has 0 amide bonds. The van der Waals surface area contributed by atoms with E-state index in [1.807, 2.05) is 42.3 Å². The quantitative estimate of drug-likeness (QED) is 0.571. The van der Waals surface area contributed by atoms with Crippen LogP contribution < -0.4 is 16.8 Å². The monoisotopic (exact) mass is 433 g/mol. The van der Waals surface area contributed by atoms with Crippen LogP contribution in [0.5, 0.6) is 0 Å². The highest BCUT2D eigenvalue weighted by molar-refractivity contribution is 6.11. The van der Waals surface area contributed by atoms with Crippen molar-refractivity contribution in [2.75, 3.05) is 6.61 Å². The molecule has 1 saturated heterocycles. The number of hydrogen-bond donors (Lipinski definition) is 3. The maximum Gasteiger partial charge on any atom is 0.219 e. The number of nitrogens with zero attached hydrogens (tertiary/aromatic N) is 6. The second-order valence-electron chi connectivity index (χ2n) is 8.95. The molecule has 0 spiro atoms. The van der Waals surface area contributed by atoms with Crippen molar-refractivity contribution in [1.29, 1.82) is 0 Å². The number of aromatic nitrogens is 4. The summed E-state index contributed by atoms with van der Waals surface area (Å²) in [4.78, 5) is 9.43. The number of rotatable bonds is 4. The average molecular weight is 434 g/mol. The number of hydrogen-bond acceptors (Lipinski definition) is 8. The Morgan fingerprint density at radius 3 is 2.78 bits per heavy atom. The zero-order chi connectivity index (χ0) is 21.9. The summed E-state index contributed by atoms with van der Waals surface area (Å²) in [6.45, 7) is 0.762. The summed E-state index contributed by atoms with van der Waals surface area (Å²) in [5.74, 6) is -0.362. The summed E-state index contributed by atoms with van der Waals surface area (Å²) in [5.41, 5.74) is 15.3. The summed E-state index contributed by atoms with van der Waals surface area (Å²) in [6, 6.07) is 8.08. The third kappa shape index (κ3) is 2.94. The Morgan fingerprint density at radius 1 is 1.19 bits per heavy atom. The van der Waals surface area contributed by atoms with Crippen molar-refractivity contribution in [2.24, 2.45) is 28.5 Å². The van der Waals surface area contributed by atoms with Gasteiger partial charge in [0.2, 0.25) is 5.79 Å². The van der Waals surface area contributed by atoms with Crippen molar-refractivity contribution >= 4 is 22.7 Å². The zero-order valence-corrected chi connectivity index (χ0v) is 18.0. The van der Waals surface area contributed by atoms with E-state index in [2.05, 4.69) is 26.6 Å². The van der Waals surface area contributed by atoms with E-state index in [4.69, 9.17) is 21.2 Å². The Labute approximate surface area is 185 Å². The lowest BCUT2D eigenvalue weighted by Gasteiger charge is -2.33. The molecule has 10 nitrogen and oxygen atoms in total. The maximum absolute atomic E-state index is 6.82. The van der Waals surface area contributed by atoms with E-state index in [1.165, 1.54) is 0 Å². The molecule has 0 bridgehead atoms. The first-order valence-corrected chi connectivity index (χ1v) is 11.1. The van der Waals surface area contributed by atoms with Gasteiger partial charge in [0.15, 0.2) is 12.2 Å². The Balaban J connectivity index is 1.40. The first-order valence-electron chi connectivity index (χ1n) is 11.1. The molecule has 6 rings (SSSR count). The number of aryl methyl sites for hydroxylation is 1. The molecule has 0 radical (unpaired) electrons. The molecule has 4 heterocycles. The third-order valence-electron chi connectivity index (χ3n) is 6.78. The van der Waals surface area contributed by atoms with Gasteiger partial charge in [-0.25, -0.2) is 14.7 Å². The third-order valence-corrected chi connectivity index (χ3v) is 6.78. The molecule has 1 aromatic carbocycles. The van der Waals surface area contributed by atoms with Crippen molar-refractivity contribution in [3.05, 3.63) is 47.9 Å². The Morgan fingerprint density at radius 2 is 2.06 bits per heavy atom. The minimum absolute atomic E-state index is 0.0446. The van der Waals surface area contributed by atoms with Gasteiger partial charge in [0.05, 0.1) is 22.8 Å². The number of fused-ring (bicyclic) bond motifs is 1. The van der Waals surface area contributed by atoms with Crippen LogP contribution in [0.15, 0.2) is 46.6 Å². The van der Waals surface area contributed by atoms with Gasteiger partial charge in [-0.1, -0.05) is 12.1 Å². The van der Waals surface area contributed by atoms with Crippen LogP contribution in [-0.2, 0) is 17.2 Å². The SMILES string of the molecule is Cn1ccc(C2(C3(N)N=C(N)NC(c4ccc5cnn(C6CCCCO6)c5c4)=N3)CC2)n1. The van der Waals surface area contributed by atoms with Crippen molar-refractivity contribution < 1.29 is 4.74 Å². The van der Waals surface area contributed by atoms with Gasteiger partial charge in [0.25, 0.3) is 0 Å². The van der Waals surface area contributed by atoms with E-state index in [0.717, 1.165) is 60.9 Å². The predicted molar refractivity (Wildman–Crippen MR) is 121 cm³/mol. The topological polar surface area (TPSA) is 134 Å². The van der Waals surface area contributed by atoms with E-state index in [-0.39, 0.29) is 12.2 Å². The molecule has 2 atom stereocenters. The summed E-state index contributed by atoms with van der Waals surface area (Å²) in [5, 5.41) is 13.3. The summed E-state index contributed by atoms with van der Waals surface area (Å²) >= 11 is 0. The zero-order valence-electron chi connectivity index (χ0n) is 18.0. The first-order chi connectivity index (χ1) is 15.5. The van der Waals surface area contributed by atoms with Crippen LogP contribution in [0.2, 0.25) is 0 Å². The first kappa shape index (κ1) is 19.4. The maximum atomic E-state index is 6.82. The lowest BCUT2D eigenvalue weighted by Crippen LogP contribution is -2.56. The normalized spacial score (nSPS) is 27.0. The molecule has 2 aliphatic heterocycles. The van der Waals surface area contributed by atoms with Crippen LogP contribution in [0.4, 0.5) is 0 Å². The molecule has 32 heavy (non-hydrogen) atoms. The van der Waals surface area contributed by atoms with Gasteiger partial charge in [-0.05, 0) is 44.2 Å². The van der Waals surface area contributed by atoms with Crippen molar-refractivity contribution in [1.82, 2.24) is 24.9 Å². The molecule has 2 fully saturated rings. The standard InChI is InChI=1S/C22H27N9O/c1-30-10-7-17(29-30)21(8-9-21)22(24)27-19(26-20(23)28-22)14-5-6-15-13-25-31(16(15)12-14)18-4-2-3-11-32-18/h5-7,10,12-13,18H,2-4,8-9,11,24H2,1H3,(H3,23,26,27,28). The molecule has 166 valence electrons. The van der Waals surface area contributed by atoms with E-state index in [9.17, 15) is 0 Å². The number of amidine groups is 1. The van der Waals surface area contributed by atoms with E-state index in [1.54, 1.807) is 4.68 Å². The van der Waals surface area contributed by atoms with Gasteiger partial charge < -0.3 is 15.8 Å². The van der Waals surface area contributed by atoms with Crippen molar-refractivity contribution in [3.63, 3.8) is 0 Å². The molecule has 2 unspecified atom stereocenters. The van der Waals surface area contributed by atoms with Crippen LogP contribution in [0.25, 0.3) is 10.9 Å². The fourth-order valence-electron chi connectivity index (χ4n) is 4.85. The van der Waals surface area contributed by atoms with Gasteiger partial charge in [-0.15, -0.1) is 0 Å². The molecule has 2 aromatic heterocycles. The van der Waals surface area contributed by atoms with Crippen LogP contribution in [0.3, 0.4) is 0 Å². The number of benzene rings is 1. The second kappa shape index (κ2) is 6.88. The lowest BCUT2D eigenvalue weighted by atomic mass is 9.93. The molecule has 1 aliphatic carbocycles. The lowest BCUT2D eigenvalue weighted by molar-refractivity contribution is -0.0366. The Bertz CT molecular complexity index is 1250. The number of nitrogens with one attached hydrogen (secondary N) is 1. The highest BCUT2D eigenvalue weighted by atomic mass is 16.5. The summed E-state index contributed by atoms with van der Waals surface area (Å²) in [6.07, 6.45) is 8.65. The highest BCUT2D eigenvalue weighted by Gasteiger charge is 2.62. The molecule has 5 N–H and O–H groups in total. The molecular formula is C22H27N9O. The van der Waals surface area contributed by atoms with Crippen molar-refractivity contribution in [2.45, 2.75) is 49.5 Å². The fraction of sp³-hybridized carbons (Fsp3) is 0.455. The number of ether oxygens (including phenoxy) is 1. The highest BCUT2D eigenvalue weighted by Crippen LogP contribution is 2.55. The van der Waals surface area contributed by atoms with Gasteiger partial charge in [0, 0.05) is 30.8 Å². The van der Waals surface area contributed by atoms with E-state index >= 15 is 0 Å². The number of aliphatic imine (C=N–C) groups is 2.